The molecule has 106 valence electrons. The van der Waals surface area contributed by atoms with Crippen molar-refractivity contribution in [2.24, 2.45) is 0 Å². The molecule has 0 aliphatic carbocycles. The number of sulfonamides is 1. The van der Waals surface area contributed by atoms with Gasteiger partial charge in [0.25, 0.3) is 0 Å². The molecule has 1 unspecified atom stereocenters. The lowest BCUT2D eigenvalue weighted by Crippen LogP contribution is -2.46. The summed E-state index contributed by atoms with van der Waals surface area (Å²) in [5, 5.41) is 19.4. The SMILES string of the molecule is O=C(O)c1sccc1S(=O)(=O)N1CCOC(CO)C1. The van der Waals surface area contributed by atoms with E-state index < -0.39 is 22.1 Å². The Bertz CT molecular complexity index is 566. The minimum Gasteiger partial charge on any atom is -0.477 e. The molecule has 0 spiro atoms. The van der Waals surface area contributed by atoms with Crippen LogP contribution in [-0.4, -0.2) is 61.3 Å². The maximum atomic E-state index is 12.4. The molecule has 1 saturated heterocycles. The predicted molar refractivity (Wildman–Crippen MR) is 66.9 cm³/mol. The maximum Gasteiger partial charge on any atom is 0.347 e. The molecule has 1 aromatic heterocycles. The zero-order valence-corrected chi connectivity index (χ0v) is 11.5. The highest BCUT2D eigenvalue weighted by atomic mass is 32.2. The summed E-state index contributed by atoms with van der Waals surface area (Å²) in [5.74, 6) is -1.26. The zero-order valence-electron chi connectivity index (χ0n) is 9.85. The number of rotatable bonds is 4. The van der Waals surface area contributed by atoms with E-state index in [1.54, 1.807) is 0 Å². The van der Waals surface area contributed by atoms with Gasteiger partial charge in [0.05, 0.1) is 19.3 Å². The van der Waals surface area contributed by atoms with Crippen LogP contribution in [0.1, 0.15) is 9.67 Å². The van der Waals surface area contributed by atoms with Crippen molar-refractivity contribution in [3.05, 3.63) is 16.3 Å². The number of hydrogen-bond donors (Lipinski definition) is 2. The Morgan fingerprint density at radius 3 is 2.95 bits per heavy atom. The Hall–Kier alpha value is -1.00. The summed E-state index contributed by atoms with van der Waals surface area (Å²) in [7, 11) is -3.87. The van der Waals surface area contributed by atoms with Gasteiger partial charge in [-0.15, -0.1) is 11.3 Å². The maximum absolute atomic E-state index is 12.4. The van der Waals surface area contributed by atoms with Crippen LogP contribution in [0.3, 0.4) is 0 Å². The Morgan fingerprint density at radius 1 is 1.58 bits per heavy atom. The normalized spacial score (nSPS) is 21.4. The van der Waals surface area contributed by atoms with E-state index in [-0.39, 0.29) is 36.1 Å². The number of aromatic carboxylic acids is 1. The van der Waals surface area contributed by atoms with Crippen molar-refractivity contribution in [3.8, 4) is 0 Å². The van der Waals surface area contributed by atoms with Crippen LogP contribution in [0.5, 0.6) is 0 Å². The number of morpholine rings is 1. The molecule has 0 radical (unpaired) electrons. The van der Waals surface area contributed by atoms with E-state index in [2.05, 4.69) is 0 Å². The minimum absolute atomic E-state index is 0.0216. The average Bonchev–Trinajstić information content (AvgIpc) is 2.89. The van der Waals surface area contributed by atoms with Gasteiger partial charge in [0.2, 0.25) is 10.0 Å². The van der Waals surface area contributed by atoms with Gasteiger partial charge in [0.1, 0.15) is 9.77 Å². The Kier molecular flexibility index (Phi) is 4.21. The van der Waals surface area contributed by atoms with Crippen molar-refractivity contribution in [1.29, 1.82) is 0 Å². The molecule has 0 bridgehead atoms. The number of carboxylic acids is 1. The van der Waals surface area contributed by atoms with Gasteiger partial charge < -0.3 is 14.9 Å². The quantitative estimate of drug-likeness (QED) is 0.800. The van der Waals surface area contributed by atoms with E-state index in [4.69, 9.17) is 14.9 Å². The first kappa shape index (κ1) is 14.4. The van der Waals surface area contributed by atoms with E-state index in [1.807, 2.05) is 0 Å². The van der Waals surface area contributed by atoms with E-state index in [9.17, 15) is 13.2 Å². The molecule has 1 atom stereocenters. The smallest absolute Gasteiger partial charge is 0.347 e. The third-order valence-electron chi connectivity index (χ3n) is 2.75. The summed E-state index contributed by atoms with van der Waals surface area (Å²) in [6, 6.07) is 1.28. The number of thiophene rings is 1. The molecule has 0 aromatic carbocycles. The highest BCUT2D eigenvalue weighted by Crippen LogP contribution is 2.26. The summed E-state index contributed by atoms with van der Waals surface area (Å²) in [4.78, 5) is 10.6. The second-order valence-corrected chi connectivity index (χ2v) is 6.78. The van der Waals surface area contributed by atoms with E-state index in [1.165, 1.54) is 11.4 Å². The summed E-state index contributed by atoms with van der Waals surface area (Å²) >= 11 is 0.869. The van der Waals surface area contributed by atoms with Crippen molar-refractivity contribution in [3.63, 3.8) is 0 Å². The molecule has 19 heavy (non-hydrogen) atoms. The van der Waals surface area contributed by atoms with E-state index >= 15 is 0 Å². The van der Waals surface area contributed by atoms with Crippen molar-refractivity contribution >= 4 is 27.3 Å². The second-order valence-electron chi connectivity index (χ2n) is 3.96. The third-order valence-corrected chi connectivity index (χ3v) is 5.69. The van der Waals surface area contributed by atoms with Crippen LogP contribution < -0.4 is 0 Å². The van der Waals surface area contributed by atoms with Crippen LogP contribution in [0.2, 0.25) is 0 Å². The molecule has 7 nitrogen and oxygen atoms in total. The number of aliphatic hydroxyl groups excluding tert-OH is 1. The van der Waals surface area contributed by atoms with Crippen LogP contribution >= 0.6 is 11.3 Å². The third kappa shape index (κ3) is 2.79. The fourth-order valence-electron chi connectivity index (χ4n) is 1.82. The molecular weight excluding hydrogens is 294 g/mol. The van der Waals surface area contributed by atoms with Gasteiger partial charge in [0.15, 0.2) is 0 Å². The largest absolute Gasteiger partial charge is 0.477 e. The molecule has 1 aromatic rings. The fraction of sp³-hybridized carbons (Fsp3) is 0.500. The highest BCUT2D eigenvalue weighted by Gasteiger charge is 2.33. The Balaban J connectivity index is 2.31. The van der Waals surface area contributed by atoms with Crippen molar-refractivity contribution in [2.45, 2.75) is 11.0 Å². The van der Waals surface area contributed by atoms with Crippen LogP contribution in [0.15, 0.2) is 16.3 Å². The lowest BCUT2D eigenvalue weighted by molar-refractivity contribution is -0.0304. The number of hydrogen-bond acceptors (Lipinski definition) is 6. The molecule has 1 aliphatic rings. The Labute approximate surface area is 114 Å². The first-order valence-electron chi connectivity index (χ1n) is 5.50. The van der Waals surface area contributed by atoms with Crippen LogP contribution in [0.4, 0.5) is 0 Å². The number of ether oxygens (including phenoxy) is 1. The first-order chi connectivity index (χ1) is 8.96. The lowest BCUT2D eigenvalue weighted by atomic mass is 10.3. The molecule has 1 aliphatic heterocycles. The van der Waals surface area contributed by atoms with Crippen molar-refractivity contribution in [1.82, 2.24) is 4.31 Å². The highest BCUT2D eigenvalue weighted by molar-refractivity contribution is 7.89. The van der Waals surface area contributed by atoms with Gasteiger partial charge >= 0.3 is 5.97 Å². The molecule has 2 N–H and O–H groups in total. The second kappa shape index (κ2) is 5.55. The first-order valence-corrected chi connectivity index (χ1v) is 7.82. The topological polar surface area (TPSA) is 104 Å². The standard InChI is InChI=1S/C10H13NO6S2/c12-6-7-5-11(2-3-17-7)19(15,16)8-1-4-18-9(8)10(13)14/h1,4,7,12H,2-3,5-6H2,(H,13,14). The zero-order chi connectivity index (χ0) is 14.0. The molecule has 0 amide bonds. The molecule has 2 rings (SSSR count). The van der Waals surface area contributed by atoms with Crippen molar-refractivity contribution < 1.29 is 28.2 Å². The van der Waals surface area contributed by atoms with Gasteiger partial charge in [0, 0.05) is 13.1 Å². The average molecular weight is 307 g/mol. The van der Waals surface area contributed by atoms with Gasteiger partial charge in [-0.2, -0.15) is 4.31 Å². The summed E-state index contributed by atoms with van der Waals surface area (Å²) in [6.45, 7) is 0.0694. The Morgan fingerprint density at radius 2 is 2.32 bits per heavy atom. The van der Waals surface area contributed by atoms with Crippen LogP contribution in [0.25, 0.3) is 0 Å². The van der Waals surface area contributed by atoms with E-state index in [0.717, 1.165) is 15.6 Å². The number of carboxylic acid groups (broad SMARTS) is 1. The molecular formula is C10H13NO6S2. The fourth-order valence-corrected chi connectivity index (χ4v) is 4.51. The van der Waals surface area contributed by atoms with Crippen LogP contribution in [-0.2, 0) is 14.8 Å². The lowest BCUT2D eigenvalue weighted by Gasteiger charge is -2.31. The number of nitrogens with zero attached hydrogens (tertiary/aromatic N) is 1. The van der Waals surface area contributed by atoms with Gasteiger partial charge in [-0.05, 0) is 11.4 Å². The predicted octanol–water partition coefficient (Wildman–Crippen LogP) is -0.172. The minimum atomic E-state index is -3.87. The van der Waals surface area contributed by atoms with Crippen LogP contribution in [0, 0.1) is 0 Å². The van der Waals surface area contributed by atoms with E-state index in [0.29, 0.717) is 0 Å². The molecule has 0 saturated carbocycles. The van der Waals surface area contributed by atoms with Gasteiger partial charge in [-0.3, -0.25) is 0 Å². The summed E-state index contributed by atoms with van der Waals surface area (Å²) in [5.41, 5.74) is 0. The van der Waals surface area contributed by atoms with Gasteiger partial charge in [-0.25, -0.2) is 13.2 Å². The molecule has 1 fully saturated rings. The summed E-state index contributed by atoms with van der Waals surface area (Å²) in [6.07, 6.45) is -0.574. The molecule has 2 heterocycles. The van der Waals surface area contributed by atoms with Crippen molar-refractivity contribution in [2.75, 3.05) is 26.3 Å². The summed E-state index contributed by atoms with van der Waals surface area (Å²) < 4.78 is 31.1. The monoisotopic (exact) mass is 307 g/mol. The molecule has 9 heteroatoms. The number of aliphatic hydroxyl groups is 1. The van der Waals surface area contributed by atoms with Gasteiger partial charge in [-0.1, -0.05) is 0 Å². The number of carbonyl (C=O) groups is 1.